The van der Waals surface area contributed by atoms with Gasteiger partial charge in [-0.15, -0.1) is 0 Å². The smallest absolute Gasteiger partial charge is 0.413 e. The highest BCUT2D eigenvalue weighted by Crippen LogP contribution is 2.36. The molecule has 5 heteroatoms. The molecule has 1 atom stereocenters. The molecule has 2 N–H and O–H groups in total. The average Bonchev–Trinajstić information content (AvgIpc) is 2.06. The first kappa shape index (κ1) is 9.26. The lowest BCUT2D eigenvalue weighted by atomic mass is 10.3. The lowest BCUT2D eigenvalue weighted by molar-refractivity contribution is 0.369. The first-order valence-corrected chi connectivity index (χ1v) is 4.98. The Balaban J connectivity index is 2.71. The molecule has 0 fully saturated rings. The van der Waals surface area contributed by atoms with Crippen LogP contribution in [-0.4, -0.2) is 11.9 Å². The van der Waals surface area contributed by atoms with Crippen molar-refractivity contribution in [2.24, 2.45) is 0 Å². The van der Waals surface area contributed by atoms with Crippen LogP contribution >= 0.6 is 7.75 Å². The molecule has 0 aliphatic heterocycles. The zero-order valence-electron chi connectivity index (χ0n) is 6.60. The number of benzene rings is 1. The molecule has 4 nitrogen and oxygen atoms in total. The van der Waals surface area contributed by atoms with Crippen LogP contribution in [0.4, 0.5) is 0 Å². The Morgan fingerprint density at radius 3 is 2.50 bits per heavy atom. The summed E-state index contributed by atoms with van der Waals surface area (Å²) in [6.07, 6.45) is 0. The van der Waals surface area contributed by atoms with Crippen molar-refractivity contribution in [2.75, 3.05) is 7.05 Å². The minimum absolute atomic E-state index is 0.373. The summed E-state index contributed by atoms with van der Waals surface area (Å²) in [6.45, 7) is 0. The van der Waals surface area contributed by atoms with Crippen LogP contribution in [0.25, 0.3) is 0 Å². The number of nitrogens with one attached hydrogen (secondary N) is 1. The summed E-state index contributed by atoms with van der Waals surface area (Å²) < 4.78 is 15.7. The Hall–Kier alpha value is -0.830. The molecule has 1 rings (SSSR count). The van der Waals surface area contributed by atoms with Gasteiger partial charge in [0, 0.05) is 0 Å². The molecule has 0 aromatic heterocycles. The molecule has 0 spiro atoms. The predicted molar refractivity (Wildman–Crippen MR) is 46.0 cm³/mol. The molecule has 1 aromatic carbocycles. The second-order valence-electron chi connectivity index (χ2n) is 2.15. The zero-order chi connectivity index (χ0) is 9.03. The van der Waals surface area contributed by atoms with Crippen LogP contribution < -0.4 is 9.61 Å². The fourth-order valence-electron chi connectivity index (χ4n) is 0.670. The number of rotatable bonds is 3. The highest BCUT2D eigenvalue weighted by atomic mass is 31.2. The Labute approximate surface area is 70.8 Å². The molecule has 1 unspecified atom stereocenters. The third kappa shape index (κ3) is 2.66. The van der Waals surface area contributed by atoms with Crippen molar-refractivity contribution < 1.29 is 14.0 Å². The van der Waals surface area contributed by atoms with Gasteiger partial charge in [-0.05, 0) is 19.2 Å². The van der Waals surface area contributed by atoms with E-state index in [4.69, 9.17) is 9.42 Å². The van der Waals surface area contributed by atoms with Crippen LogP contribution in [0.15, 0.2) is 30.3 Å². The van der Waals surface area contributed by atoms with Gasteiger partial charge in [0.2, 0.25) is 0 Å². The fourth-order valence-corrected chi connectivity index (χ4v) is 1.17. The quantitative estimate of drug-likeness (QED) is 0.702. The van der Waals surface area contributed by atoms with E-state index in [-0.39, 0.29) is 0 Å². The van der Waals surface area contributed by atoms with Gasteiger partial charge in [-0.2, -0.15) is 0 Å². The van der Waals surface area contributed by atoms with E-state index in [0.717, 1.165) is 0 Å². The maximum Gasteiger partial charge on any atom is 0.455 e. The molecule has 0 amide bonds. The van der Waals surface area contributed by atoms with E-state index < -0.39 is 7.75 Å². The topological polar surface area (TPSA) is 58.6 Å². The molecular formula is C7H10NO3P. The van der Waals surface area contributed by atoms with Gasteiger partial charge in [-0.1, -0.05) is 18.2 Å². The molecule has 0 aliphatic carbocycles. The van der Waals surface area contributed by atoms with Crippen molar-refractivity contribution in [1.82, 2.24) is 5.09 Å². The van der Waals surface area contributed by atoms with Crippen LogP contribution in [-0.2, 0) is 4.57 Å². The minimum Gasteiger partial charge on any atom is -0.413 e. The summed E-state index contributed by atoms with van der Waals surface area (Å²) >= 11 is 0. The predicted octanol–water partition coefficient (Wildman–Crippen LogP) is 1.39. The van der Waals surface area contributed by atoms with Crippen molar-refractivity contribution in [3.8, 4) is 5.75 Å². The van der Waals surface area contributed by atoms with E-state index in [0.29, 0.717) is 5.75 Å². The van der Waals surface area contributed by atoms with Gasteiger partial charge in [-0.3, -0.25) is 0 Å². The lowest BCUT2D eigenvalue weighted by Gasteiger charge is -2.10. The number of para-hydroxylation sites is 1. The Morgan fingerprint density at radius 2 is 2.00 bits per heavy atom. The lowest BCUT2D eigenvalue weighted by Crippen LogP contribution is -2.07. The van der Waals surface area contributed by atoms with Gasteiger partial charge in [-0.25, -0.2) is 9.65 Å². The van der Waals surface area contributed by atoms with E-state index in [1.165, 1.54) is 7.05 Å². The van der Waals surface area contributed by atoms with Gasteiger partial charge in [0.25, 0.3) is 0 Å². The molecule has 0 bridgehead atoms. The molecular weight excluding hydrogens is 177 g/mol. The van der Waals surface area contributed by atoms with E-state index >= 15 is 0 Å². The van der Waals surface area contributed by atoms with E-state index in [1.807, 2.05) is 0 Å². The molecule has 0 saturated carbocycles. The third-order valence-corrected chi connectivity index (χ3v) is 2.28. The summed E-state index contributed by atoms with van der Waals surface area (Å²) in [6, 6.07) is 8.48. The van der Waals surface area contributed by atoms with Crippen molar-refractivity contribution in [1.29, 1.82) is 0 Å². The fraction of sp³-hybridized carbons (Fsp3) is 0.143. The summed E-state index contributed by atoms with van der Waals surface area (Å²) in [5, 5.41) is 2.18. The van der Waals surface area contributed by atoms with Gasteiger partial charge in [0.15, 0.2) is 0 Å². The van der Waals surface area contributed by atoms with Gasteiger partial charge < -0.3 is 9.42 Å². The average molecular weight is 187 g/mol. The Bertz CT molecular complexity index is 288. The van der Waals surface area contributed by atoms with Crippen LogP contribution in [0.1, 0.15) is 0 Å². The number of hydrogen-bond acceptors (Lipinski definition) is 2. The highest BCUT2D eigenvalue weighted by molar-refractivity contribution is 7.50. The summed E-state index contributed by atoms with van der Waals surface area (Å²) in [4.78, 5) is 9.00. The Kier molecular flexibility index (Phi) is 2.87. The van der Waals surface area contributed by atoms with E-state index in [9.17, 15) is 4.57 Å². The first-order valence-electron chi connectivity index (χ1n) is 3.40. The van der Waals surface area contributed by atoms with E-state index in [1.54, 1.807) is 30.3 Å². The molecule has 66 valence electrons. The SMILES string of the molecule is CNP(=O)(O)Oc1ccccc1. The minimum atomic E-state index is -3.65. The van der Waals surface area contributed by atoms with Crippen molar-refractivity contribution in [2.45, 2.75) is 0 Å². The second kappa shape index (κ2) is 3.72. The summed E-state index contributed by atoms with van der Waals surface area (Å²) in [5.41, 5.74) is 0. The van der Waals surface area contributed by atoms with Gasteiger partial charge in [0.1, 0.15) is 5.75 Å². The monoisotopic (exact) mass is 187 g/mol. The maximum absolute atomic E-state index is 11.0. The normalized spacial score (nSPS) is 15.2. The third-order valence-electron chi connectivity index (χ3n) is 1.25. The van der Waals surface area contributed by atoms with Crippen molar-refractivity contribution in [3.63, 3.8) is 0 Å². The van der Waals surface area contributed by atoms with Gasteiger partial charge >= 0.3 is 7.75 Å². The van der Waals surface area contributed by atoms with Crippen LogP contribution in [0.2, 0.25) is 0 Å². The highest BCUT2D eigenvalue weighted by Gasteiger charge is 2.16. The molecule has 0 saturated heterocycles. The first-order chi connectivity index (χ1) is 5.64. The summed E-state index contributed by atoms with van der Waals surface area (Å²) in [5.74, 6) is 0.373. The number of hydrogen-bond donors (Lipinski definition) is 2. The molecule has 0 radical (unpaired) electrons. The zero-order valence-corrected chi connectivity index (χ0v) is 7.49. The van der Waals surface area contributed by atoms with Gasteiger partial charge in [0.05, 0.1) is 0 Å². The van der Waals surface area contributed by atoms with Crippen molar-refractivity contribution in [3.05, 3.63) is 30.3 Å². The molecule has 0 heterocycles. The maximum atomic E-state index is 11.0. The van der Waals surface area contributed by atoms with E-state index in [2.05, 4.69) is 5.09 Å². The molecule has 0 aliphatic rings. The second-order valence-corrected chi connectivity index (χ2v) is 3.82. The summed E-state index contributed by atoms with van der Waals surface area (Å²) in [7, 11) is -2.28. The van der Waals surface area contributed by atoms with Crippen LogP contribution in [0.3, 0.4) is 0 Å². The largest absolute Gasteiger partial charge is 0.455 e. The molecule has 12 heavy (non-hydrogen) atoms. The Morgan fingerprint density at radius 1 is 1.42 bits per heavy atom. The standard InChI is InChI=1S/C7H10NO3P/c1-8-12(9,10)11-7-5-3-2-4-6-7/h2-6H,1H3,(H2,8,9,10). The van der Waals surface area contributed by atoms with Crippen LogP contribution in [0, 0.1) is 0 Å². The van der Waals surface area contributed by atoms with Crippen LogP contribution in [0.5, 0.6) is 5.75 Å². The molecule has 1 aromatic rings. The van der Waals surface area contributed by atoms with Crippen molar-refractivity contribution >= 4 is 7.75 Å².